The normalized spacial score (nSPS) is 11.4. The molecule has 0 aliphatic heterocycles. The van der Waals surface area contributed by atoms with Gasteiger partial charge in [0.15, 0.2) is 0 Å². The molecule has 3 nitrogen and oxygen atoms in total. The van der Waals surface area contributed by atoms with Gasteiger partial charge in [0.25, 0.3) is 5.56 Å². The highest BCUT2D eigenvalue weighted by Gasteiger charge is 2.09. The van der Waals surface area contributed by atoms with Crippen LogP contribution in [0.5, 0.6) is 0 Å². The van der Waals surface area contributed by atoms with Crippen LogP contribution in [0.4, 0.5) is 0 Å². The maximum Gasteiger partial charge on any atom is 0.266 e. The summed E-state index contributed by atoms with van der Waals surface area (Å²) in [5, 5.41) is 13.1. The lowest BCUT2D eigenvalue weighted by Gasteiger charge is -2.06. The van der Waals surface area contributed by atoms with Crippen LogP contribution in [0.3, 0.4) is 0 Å². The number of aromatic nitrogens is 1. The summed E-state index contributed by atoms with van der Waals surface area (Å²) in [6.07, 6.45) is 0. The van der Waals surface area contributed by atoms with Crippen molar-refractivity contribution in [1.82, 2.24) is 4.98 Å². The number of nitrogens with one attached hydrogen (secondary N) is 1. The third kappa shape index (κ3) is 1.49. The minimum atomic E-state index is -0.0395. The smallest absolute Gasteiger partial charge is 0.266 e. The molecule has 0 bridgehead atoms. The van der Waals surface area contributed by atoms with Gasteiger partial charge in [0.2, 0.25) is 0 Å². The monoisotopic (exact) mass is 245 g/mol. The summed E-state index contributed by atoms with van der Waals surface area (Å²) in [4.78, 5) is 14.8. The van der Waals surface area contributed by atoms with E-state index in [0.717, 1.165) is 32.1 Å². The Morgan fingerprint density at radius 2 is 2.18 bits per heavy atom. The first-order valence-electron chi connectivity index (χ1n) is 5.34. The molecule has 0 amide bonds. The average molecular weight is 245 g/mol. The van der Waals surface area contributed by atoms with Crippen LogP contribution >= 0.6 is 11.3 Å². The van der Waals surface area contributed by atoms with Crippen LogP contribution in [0.15, 0.2) is 28.4 Å². The molecule has 0 aliphatic carbocycles. The first-order chi connectivity index (χ1) is 8.20. The van der Waals surface area contributed by atoms with Crippen LogP contribution in [-0.4, -0.2) is 10.1 Å². The third-order valence-corrected chi connectivity index (χ3v) is 3.89. The van der Waals surface area contributed by atoms with Crippen molar-refractivity contribution in [3.05, 3.63) is 45.1 Å². The summed E-state index contributed by atoms with van der Waals surface area (Å²) in [5.41, 5.74) is 2.67. The van der Waals surface area contributed by atoms with Gasteiger partial charge in [0.05, 0.1) is 12.1 Å². The number of rotatable bonds is 1. The molecule has 3 aromatic rings. The minimum Gasteiger partial charge on any atom is -0.392 e. The van der Waals surface area contributed by atoms with Gasteiger partial charge in [-0.3, -0.25) is 4.79 Å². The summed E-state index contributed by atoms with van der Waals surface area (Å²) in [5.74, 6) is 0. The Morgan fingerprint density at radius 3 is 2.94 bits per heavy atom. The van der Waals surface area contributed by atoms with E-state index in [0.29, 0.717) is 0 Å². The van der Waals surface area contributed by atoms with E-state index in [1.165, 1.54) is 11.3 Å². The van der Waals surface area contributed by atoms with Crippen molar-refractivity contribution >= 4 is 32.3 Å². The van der Waals surface area contributed by atoms with Gasteiger partial charge in [0.1, 0.15) is 4.70 Å². The topological polar surface area (TPSA) is 53.1 Å². The predicted molar refractivity (Wildman–Crippen MR) is 70.6 cm³/mol. The first kappa shape index (κ1) is 10.5. The van der Waals surface area contributed by atoms with E-state index in [-0.39, 0.29) is 12.2 Å². The Labute approximate surface area is 101 Å². The molecule has 2 N–H and O–H groups in total. The Balaban J connectivity index is 2.60. The largest absolute Gasteiger partial charge is 0.392 e. The second-order valence-electron chi connectivity index (χ2n) is 4.11. The Morgan fingerprint density at radius 1 is 1.35 bits per heavy atom. The van der Waals surface area contributed by atoms with Gasteiger partial charge in [0, 0.05) is 10.8 Å². The van der Waals surface area contributed by atoms with Crippen LogP contribution < -0.4 is 5.56 Å². The zero-order chi connectivity index (χ0) is 12.0. The first-order valence-corrected chi connectivity index (χ1v) is 6.22. The molecule has 0 aliphatic rings. The quantitative estimate of drug-likeness (QED) is 0.692. The van der Waals surface area contributed by atoms with Crippen LogP contribution in [0, 0.1) is 6.92 Å². The number of aromatic amines is 1. The van der Waals surface area contributed by atoms with Crippen LogP contribution in [0.25, 0.3) is 21.0 Å². The number of aryl methyl sites for hydroxylation is 1. The number of hydrogen-bond donors (Lipinski definition) is 2. The zero-order valence-corrected chi connectivity index (χ0v) is 10.1. The Hall–Kier alpha value is -1.65. The number of H-pyrrole nitrogens is 1. The summed E-state index contributed by atoms with van der Waals surface area (Å²) in [6, 6.07) is 5.79. The van der Waals surface area contributed by atoms with Gasteiger partial charge >= 0.3 is 0 Å². The maximum atomic E-state index is 11.9. The highest BCUT2D eigenvalue weighted by Crippen LogP contribution is 2.27. The predicted octanol–water partition coefficient (Wildman–Crippen LogP) is 2.54. The fourth-order valence-electron chi connectivity index (χ4n) is 2.20. The molecular formula is C13H11NO2S. The second-order valence-corrected chi connectivity index (χ2v) is 5.03. The lowest BCUT2D eigenvalue weighted by molar-refractivity contribution is 0.282. The maximum absolute atomic E-state index is 11.9. The molecule has 2 aromatic heterocycles. The van der Waals surface area contributed by atoms with Crippen molar-refractivity contribution in [3.8, 4) is 0 Å². The van der Waals surface area contributed by atoms with Gasteiger partial charge in [-0.05, 0) is 35.6 Å². The molecule has 0 saturated carbocycles. The number of aliphatic hydroxyl groups is 1. The molecule has 2 heterocycles. The molecule has 0 radical (unpaired) electrons. The molecule has 86 valence electrons. The van der Waals surface area contributed by atoms with Crippen molar-refractivity contribution in [2.45, 2.75) is 13.5 Å². The standard InChI is InChI=1S/C13H11NO2S/c1-7-4-8(6-15)5-10-9-2-3-17-12(9)13(16)14-11(7)10/h2-5,15H,6H2,1H3,(H,14,16). The molecule has 4 heteroatoms. The fraction of sp³-hybridized carbons (Fsp3) is 0.154. The summed E-state index contributed by atoms with van der Waals surface area (Å²) in [7, 11) is 0. The van der Waals surface area contributed by atoms with Crippen LogP contribution in [-0.2, 0) is 6.61 Å². The average Bonchev–Trinajstić information content (AvgIpc) is 2.80. The fourth-order valence-corrected chi connectivity index (χ4v) is 3.00. The van der Waals surface area contributed by atoms with E-state index in [2.05, 4.69) is 4.98 Å². The van der Waals surface area contributed by atoms with Gasteiger partial charge in [-0.15, -0.1) is 11.3 Å². The van der Waals surface area contributed by atoms with Crippen molar-refractivity contribution in [1.29, 1.82) is 0 Å². The van der Waals surface area contributed by atoms with E-state index < -0.39 is 0 Å². The second kappa shape index (κ2) is 3.68. The SMILES string of the molecule is Cc1cc(CO)cc2c1[nH]c(=O)c1sccc12. The molecule has 0 unspecified atom stereocenters. The van der Waals surface area contributed by atoms with E-state index in [1.807, 2.05) is 30.5 Å². The van der Waals surface area contributed by atoms with E-state index in [1.54, 1.807) is 0 Å². The van der Waals surface area contributed by atoms with E-state index in [9.17, 15) is 9.90 Å². The highest BCUT2D eigenvalue weighted by atomic mass is 32.1. The number of benzene rings is 1. The molecular weight excluding hydrogens is 234 g/mol. The third-order valence-electron chi connectivity index (χ3n) is 2.98. The lowest BCUT2D eigenvalue weighted by atomic mass is 10.0. The number of pyridine rings is 1. The summed E-state index contributed by atoms with van der Waals surface area (Å²) >= 11 is 1.44. The molecule has 17 heavy (non-hydrogen) atoms. The van der Waals surface area contributed by atoms with Gasteiger partial charge in [-0.25, -0.2) is 0 Å². The molecule has 0 atom stereocenters. The van der Waals surface area contributed by atoms with Crippen molar-refractivity contribution in [2.75, 3.05) is 0 Å². The molecule has 1 aromatic carbocycles. The van der Waals surface area contributed by atoms with Gasteiger partial charge in [-0.2, -0.15) is 0 Å². The molecule has 0 saturated heterocycles. The molecule has 0 spiro atoms. The zero-order valence-electron chi connectivity index (χ0n) is 9.28. The Bertz CT molecular complexity index is 770. The van der Waals surface area contributed by atoms with Crippen molar-refractivity contribution < 1.29 is 5.11 Å². The Kier molecular flexibility index (Phi) is 2.28. The van der Waals surface area contributed by atoms with E-state index >= 15 is 0 Å². The number of hydrogen-bond acceptors (Lipinski definition) is 3. The van der Waals surface area contributed by atoms with Crippen LogP contribution in [0.2, 0.25) is 0 Å². The molecule has 3 rings (SSSR count). The highest BCUT2D eigenvalue weighted by molar-refractivity contribution is 7.17. The minimum absolute atomic E-state index is 0.0154. The van der Waals surface area contributed by atoms with E-state index in [4.69, 9.17) is 0 Å². The number of thiophene rings is 1. The summed E-state index contributed by atoms with van der Waals surface area (Å²) in [6.45, 7) is 1.96. The van der Waals surface area contributed by atoms with Crippen molar-refractivity contribution in [2.24, 2.45) is 0 Å². The number of aliphatic hydroxyl groups excluding tert-OH is 1. The van der Waals surface area contributed by atoms with Gasteiger partial charge in [-0.1, -0.05) is 6.07 Å². The van der Waals surface area contributed by atoms with Gasteiger partial charge < -0.3 is 10.1 Å². The lowest BCUT2D eigenvalue weighted by Crippen LogP contribution is -2.05. The van der Waals surface area contributed by atoms with Crippen molar-refractivity contribution in [3.63, 3.8) is 0 Å². The summed E-state index contributed by atoms with van der Waals surface area (Å²) < 4.78 is 0.743. The number of fused-ring (bicyclic) bond motifs is 3. The molecule has 0 fully saturated rings. The van der Waals surface area contributed by atoms with Crippen LogP contribution in [0.1, 0.15) is 11.1 Å².